The van der Waals surface area contributed by atoms with E-state index in [2.05, 4.69) is 20.3 Å². The SMILES string of the molecule is COc1ccccc1-c1nnc(SCC(=O)Nc2ccc(OC(F)(F)F)cc2)o1. The molecular weight excluding hydrogens is 411 g/mol. The van der Waals surface area contributed by atoms with E-state index in [0.29, 0.717) is 17.0 Å². The Bertz CT molecular complexity index is 977. The number of carbonyl (C=O) groups excluding carboxylic acids is 1. The molecule has 0 aliphatic rings. The van der Waals surface area contributed by atoms with Gasteiger partial charge in [-0.1, -0.05) is 23.9 Å². The predicted octanol–water partition coefficient (Wildman–Crippen LogP) is 4.37. The van der Waals surface area contributed by atoms with Gasteiger partial charge in [-0.3, -0.25) is 4.79 Å². The van der Waals surface area contributed by atoms with Gasteiger partial charge in [0.05, 0.1) is 18.4 Å². The lowest BCUT2D eigenvalue weighted by Crippen LogP contribution is -2.17. The molecule has 29 heavy (non-hydrogen) atoms. The number of rotatable bonds is 7. The summed E-state index contributed by atoms with van der Waals surface area (Å²) in [5.74, 6) is 0.0269. The number of nitrogens with one attached hydrogen (secondary N) is 1. The summed E-state index contributed by atoms with van der Waals surface area (Å²) in [6.45, 7) is 0. The van der Waals surface area contributed by atoms with Crippen molar-refractivity contribution in [3.05, 3.63) is 48.5 Å². The third-order valence-corrected chi connectivity index (χ3v) is 4.26. The average Bonchev–Trinajstić information content (AvgIpc) is 3.16. The maximum absolute atomic E-state index is 12.1. The number of halogens is 3. The van der Waals surface area contributed by atoms with E-state index in [1.54, 1.807) is 24.3 Å². The van der Waals surface area contributed by atoms with Gasteiger partial charge < -0.3 is 19.2 Å². The van der Waals surface area contributed by atoms with Crippen molar-refractivity contribution in [2.75, 3.05) is 18.2 Å². The van der Waals surface area contributed by atoms with E-state index < -0.39 is 12.3 Å². The third-order valence-electron chi connectivity index (χ3n) is 3.44. The molecule has 3 aromatic rings. The molecule has 0 radical (unpaired) electrons. The fourth-order valence-electron chi connectivity index (χ4n) is 2.26. The Morgan fingerprint density at radius 1 is 1.14 bits per heavy atom. The summed E-state index contributed by atoms with van der Waals surface area (Å²) in [7, 11) is 1.52. The molecule has 1 aromatic heterocycles. The van der Waals surface area contributed by atoms with Crippen molar-refractivity contribution in [2.24, 2.45) is 0 Å². The van der Waals surface area contributed by atoms with Gasteiger partial charge in [-0.05, 0) is 36.4 Å². The van der Waals surface area contributed by atoms with Crippen LogP contribution in [0.3, 0.4) is 0 Å². The lowest BCUT2D eigenvalue weighted by Gasteiger charge is -2.09. The number of nitrogens with zero attached hydrogens (tertiary/aromatic N) is 2. The standard InChI is InChI=1S/C18H14F3N3O4S/c1-26-14-5-3-2-4-13(14)16-23-24-17(27-16)29-10-15(25)22-11-6-8-12(9-7-11)28-18(19,20)21/h2-9H,10H2,1H3,(H,22,25). The first kappa shape index (κ1) is 20.5. The molecule has 7 nitrogen and oxygen atoms in total. The van der Waals surface area contributed by atoms with Gasteiger partial charge in [-0.25, -0.2) is 0 Å². The van der Waals surface area contributed by atoms with E-state index in [9.17, 15) is 18.0 Å². The Morgan fingerprint density at radius 3 is 2.55 bits per heavy atom. The first-order valence-electron chi connectivity index (χ1n) is 8.09. The van der Waals surface area contributed by atoms with Crippen LogP contribution in [0, 0.1) is 0 Å². The second-order valence-corrected chi connectivity index (χ2v) is 6.41. The van der Waals surface area contributed by atoms with Crippen LogP contribution in [0.5, 0.6) is 11.5 Å². The minimum absolute atomic E-state index is 0.0334. The van der Waals surface area contributed by atoms with Crippen LogP contribution in [-0.4, -0.2) is 35.3 Å². The van der Waals surface area contributed by atoms with Gasteiger partial charge in [0.1, 0.15) is 11.5 Å². The Balaban J connectivity index is 1.54. The number of benzene rings is 2. The maximum atomic E-state index is 12.1. The van der Waals surface area contributed by atoms with Crippen molar-refractivity contribution in [3.63, 3.8) is 0 Å². The highest BCUT2D eigenvalue weighted by atomic mass is 32.2. The third kappa shape index (κ3) is 5.88. The molecule has 0 fully saturated rings. The van der Waals surface area contributed by atoms with Crippen LogP contribution >= 0.6 is 11.8 Å². The Labute approximate surface area is 167 Å². The van der Waals surface area contributed by atoms with Gasteiger partial charge in [0.2, 0.25) is 5.91 Å². The number of para-hydroxylation sites is 1. The molecular formula is C18H14F3N3O4S. The van der Waals surface area contributed by atoms with Crippen LogP contribution < -0.4 is 14.8 Å². The zero-order valence-corrected chi connectivity index (χ0v) is 15.7. The van der Waals surface area contributed by atoms with Crippen molar-refractivity contribution < 1.29 is 31.9 Å². The monoisotopic (exact) mass is 425 g/mol. The van der Waals surface area contributed by atoms with Gasteiger partial charge in [0.25, 0.3) is 11.1 Å². The van der Waals surface area contributed by atoms with Crippen molar-refractivity contribution >= 4 is 23.4 Å². The number of hydrogen-bond acceptors (Lipinski definition) is 7. The van der Waals surface area contributed by atoms with E-state index in [4.69, 9.17) is 9.15 Å². The number of carbonyl (C=O) groups is 1. The first-order chi connectivity index (χ1) is 13.8. The highest BCUT2D eigenvalue weighted by Crippen LogP contribution is 2.30. The summed E-state index contributed by atoms with van der Waals surface area (Å²) in [5.41, 5.74) is 0.949. The number of amides is 1. The molecule has 0 aliphatic carbocycles. The Hall–Kier alpha value is -3.21. The normalized spacial score (nSPS) is 11.2. The van der Waals surface area contributed by atoms with Crippen molar-refractivity contribution in [1.82, 2.24) is 10.2 Å². The summed E-state index contributed by atoms with van der Waals surface area (Å²) in [6.07, 6.45) is -4.77. The number of aromatic nitrogens is 2. The summed E-state index contributed by atoms with van der Waals surface area (Å²) in [4.78, 5) is 12.0. The van der Waals surface area contributed by atoms with Crippen molar-refractivity contribution in [2.45, 2.75) is 11.6 Å². The zero-order valence-electron chi connectivity index (χ0n) is 14.9. The highest BCUT2D eigenvalue weighted by molar-refractivity contribution is 7.99. The number of alkyl halides is 3. The van der Waals surface area contributed by atoms with Gasteiger partial charge in [-0.2, -0.15) is 0 Å². The van der Waals surface area contributed by atoms with Crippen LogP contribution in [0.15, 0.2) is 58.2 Å². The zero-order chi connectivity index (χ0) is 20.9. The van der Waals surface area contributed by atoms with Crippen LogP contribution in [0.2, 0.25) is 0 Å². The minimum Gasteiger partial charge on any atom is -0.496 e. The molecule has 1 N–H and O–H groups in total. The van der Waals surface area contributed by atoms with Crippen LogP contribution in [0.25, 0.3) is 11.5 Å². The molecule has 11 heteroatoms. The Kier molecular flexibility index (Phi) is 6.27. The molecule has 1 amide bonds. The van der Waals surface area contributed by atoms with Crippen molar-refractivity contribution in [3.8, 4) is 23.0 Å². The van der Waals surface area contributed by atoms with E-state index in [-0.39, 0.29) is 22.6 Å². The molecule has 0 spiro atoms. The molecule has 0 bridgehead atoms. The largest absolute Gasteiger partial charge is 0.573 e. The lowest BCUT2D eigenvalue weighted by molar-refractivity contribution is -0.274. The fraction of sp³-hybridized carbons (Fsp3) is 0.167. The molecule has 1 heterocycles. The quantitative estimate of drug-likeness (QED) is 0.563. The molecule has 0 aliphatic heterocycles. The van der Waals surface area contributed by atoms with E-state index in [1.165, 1.54) is 19.2 Å². The maximum Gasteiger partial charge on any atom is 0.573 e. The molecule has 0 saturated heterocycles. The topological polar surface area (TPSA) is 86.5 Å². The fourth-order valence-corrected chi connectivity index (χ4v) is 2.83. The predicted molar refractivity (Wildman–Crippen MR) is 98.8 cm³/mol. The number of thioether (sulfide) groups is 1. The molecule has 2 aromatic carbocycles. The molecule has 0 unspecified atom stereocenters. The molecule has 0 saturated carbocycles. The van der Waals surface area contributed by atoms with Gasteiger partial charge in [0.15, 0.2) is 0 Å². The summed E-state index contributed by atoms with van der Waals surface area (Å²) in [6, 6.07) is 11.9. The highest BCUT2D eigenvalue weighted by Gasteiger charge is 2.30. The number of ether oxygens (including phenoxy) is 2. The van der Waals surface area contributed by atoms with Gasteiger partial charge >= 0.3 is 6.36 Å². The summed E-state index contributed by atoms with van der Waals surface area (Å²) in [5, 5.41) is 10.6. The second-order valence-electron chi connectivity index (χ2n) is 5.48. The molecule has 3 rings (SSSR count). The van der Waals surface area contributed by atoms with Gasteiger partial charge in [0, 0.05) is 5.69 Å². The van der Waals surface area contributed by atoms with Gasteiger partial charge in [-0.15, -0.1) is 23.4 Å². The lowest BCUT2D eigenvalue weighted by atomic mass is 10.2. The smallest absolute Gasteiger partial charge is 0.496 e. The van der Waals surface area contributed by atoms with Crippen LogP contribution in [0.1, 0.15) is 0 Å². The van der Waals surface area contributed by atoms with E-state index in [0.717, 1.165) is 23.9 Å². The minimum atomic E-state index is -4.77. The van der Waals surface area contributed by atoms with Crippen molar-refractivity contribution in [1.29, 1.82) is 0 Å². The van der Waals surface area contributed by atoms with E-state index in [1.807, 2.05) is 0 Å². The Morgan fingerprint density at radius 2 is 1.86 bits per heavy atom. The number of anilines is 1. The average molecular weight is 425 g/mol. The first-order valence-corrected chi connectivity index (χ1v) is 9.08. The van der Waals surface area contributed by atoms with Crippen LogP contribution in [0.4, 0.5) is 18.9 Å². The summed E-state index contributed by atoms with van der Waals surface area (Å²) >= 11 is 1.02. The van der Waals surface area contributed by atoms with Crippen LogP contribution in [-0.2, 0) is 4.79 Å². The molecule has 0 atom stereocenters. The molecule has 152 valence electrons. The number of methoxy groups -OCH3 is 1. The summed E-state index contributed by atoms with van der Waals surface area (Å²) < 4.78 is 51.0. The van der Waals surface area contributed by atoms with E-state index >= 15 is 0 Å². The number of hydrogen-bond donors (Lipinski definition) is 1. The second kappa shape index (κ2) is 8.86.